The summed E-state index contributed by atoms with van der Waals surface area (Å²) in [4.78, 5) is 0. The minimum absolute atomic E-state index is 0.254. The Hall–Kier alpha value is -0.690. The first-order chi connectivity index (χ1) is 8.70. The van der Waals surface area contributed by atoms with E-state index in [9.17, 15) is 0 Å². The molecule has 0 aliphatic heterocycles. The second-order valence-corrected chi connectivity index (χ2v) is 5.35. The van der Waals surface area contributed by atoms with Crippen molar-refractivity contribution in [3.05, 3.63) is 69.7 Å². The highest BCUT2D eigenvalue weighted by Crippen LogP contribution is 2.27. The van der Waals surface area contributed by atoms with Crippen LogP contribution in [0.3, 0.4) is 0 Å². The molecule has 0 fully saturated rings. The van der Waals surface area contributed by atoms with Gasteiger partial charge in [-0.15, -0.1) is 11.6 Å². The average Bonchev–Trinajstić information content (AvgIpc) is 2.39. The van der Waals surface area contributed by atoms with Crippen molar-refractivity contribution in [3.8, 4) is 0 Å². The molecular weight excluding hydrogens is 287 g/mol. The Balaban J connectivity index is 2.20. The van der Waals surface area contributed by atoms with Gasteiger partial charge in [0.25, 0.3) is 0 Å². The van der Waals surface area contributed by atoms with E-state index in [0.717, 1.165) is 22.0 Å². The standard InChI is InChI=1S/C15H13Cl3/c16-10-13(11-5-7-14(17)8-6-11)9-12-3-1-2-4-15(12)18/h1-8,13H,9-10H2. The number of hydrogen-bond donors (Lipinski definition) is 0. The van der Waals surface area contributed by atoms with Crippen LogP contribution in [0.4, 0.5) is 0 Å². The van der Waals surface area contributed by atoms with Crippen molar-refractivity contribution in [2.45, 2.75) is 12.3 Å². The van der Waals surface area contributed by atoms with Crippen LogP contribution in [0.1, 0.15) is 17.0 Å². The summed E-state index contributed by atoms with van der Waals surface area (Å²) in [6.07, 6.45) is 0.838. The molecule has 0 amide bonds. The minimum atomic E-state index is 0.254. The predicted octanol–water partition coefficient (Wildman–Crippen LogP) is 5.56. The summed E-state index contributed by atoms with van der Waals surface area (Å²) in [5.74, 6) is 0.816. The Kier molecular flexibility index (Phi) is 4.94. The first-order valence-corrected chi connectivity index (χ1v) is 7.04. The van der Waals surface area contributed by atoms with Crippen LogP contribution in [-0.2, 0) is 6.42 Å². The molecule has 0 heterocycles. The molecule has 1 atom stereocenters. The van der Waals surface area contributed by atoms with Crippen LogP contribution in [0, 0.1) is 0 Å². The smallest absolute Gasteiger partial charge is 0.0438 e. The van der Waals surface area contributed by atoms with Crippen LogP contribution in [0.15, 0.2) is 48.5 Å². The molecule has 0 spiro atoms. The van der Waals surface area contributed by atoms with Gasteiger partial charge in [0, 0.05) is 21.8 Å². The lowest BCUT2D eigenvalue weighted by Crippen LogP contribution is -2.05. The zero-order chi connectivity index (χ0) is 13.0. The number of rotatable bonds is 4. The second-order valence-electron chi connectivity index (χ2n) is 4.20. The molecule has 0 aliphatic rings. The van der Waals surface area contributed by atoms with Crippen LogP contribution in [0.25, 0.3) is 0 Å². The molecular formula is C15H13Cl3. The number of halogens is 3. The zero-order valence-electron chi connectivity index (χ0n) is 9.74. The van der Waals surface area contributed by atoms with Gasteiger partial charge in [0.05, 0.1) is 0 Å². The summed E-state index contributed by atoms with van der Waals surface area (Å²) in [7, 11) is 0. The van der Waals surface area contributed by atoms with E-state index in [1.807, 2.05) is 48.5 Å². The summed E-state index contributed by atoms with van der Waals surface area (Å²) in [6, 6.07) is 15.7. The van der Waals surface area contributed by atoms with E-state index in [0.29, 0.717) is 5.88 Å². The van der Waals surface area contributed by atoms with Crippen molar-refractivity contribution in [1.82, 2.24) is 0 Å². The van der Waals surface area contributed by atoms with Gasteiger partial charge in [-0.25, -0.2) is 0 Å². The van der Waals surface area contributed by atoms with Crippen LogP contribution >= 0.6 is 34.8 Å². The average molecular weight is 300 g/mol. The zero-order valence-corrected chi connectivity index (χ0v) is 12.0. The third kappa shape index (κ3) is 3.41. The van der Waals surface area contributed by atoms with Crippen molar-refractivity contribution in [2.24, 2.45) is 0 Å². The quantitative estimate of drug-likeness (QED) is 0.648. The van der Waals surface area contributed by atoms with Gasteiger partial charge in [0.15, 0.2) is 0 Å². The second kappa shape index (κ2) is 6.47. The highest BCUT2D eigenvalue weighted by Gasteiger charge is 2.12. The molecule has 0 nitrogen and oxygen atoms in total. The summed E-state index contributed by atoms with van der Waals surface area (Å²) >= 11 is 18.1. The van der Waals surface area contributed by atoms with Crippen LogP contribution < -0.4 is 0 Å². The van der Waals surface area contributed by atoms with Gasteiger partial charge >= 0.3 is 0 Å². The third-order valence-electron chi connectivity index (χ3n) is 2.95. The maximum Gasteiger partial charge on any atom is 0.0438 e. The molecule has 18 heavy (non-hydrogen) atoms. The molecule has 2 aromatic rings. The maximum atomic E-state index is 6.17. The van der Waals surface area contributed by atoms with Gasteiger partial charge in [0.1, 0.15) is 0 Å². The molecule has 2 rings (SSSR count). The minimum Gasteiger partial charge on any atom is -0.126 e. The van der Waals surface area contributed by atoms with Crippen molar-refractivity contribution in [3.63, 3.8) is 0 Å². The molecule has 1 unspecified atom stereocenters. The molecule has 0 saturated heterocycles. The lowest BCUT2D eigenvalue weighted by molar-refractivity contribution is 0.766. The van der Waals surface area contributed by atoms with Crippen LogP contribution in [-0.4, -0.2) is 5.88 Å². The Labute approximate surface area is 122 Å². The lowest BCUT2D eigenvalue weighted by atomic mass is 9.93. The summed E-state index contributed by atoms with van der Waals surface area (Å²) in [5, 5.41) is 1.53. The lowest BCUT2D eigenvalue weighted by Gasteiger charge is -2.15. The Morgan fingerprint density at radius 2 is 1.56 bits per heavy atom. The fourth-order valence-electron chi connectivity index (χ4n) is 1.93. The first-order valence-electron chi connectivity index (χ1n) is 5.75. The van der Waals surface area contributed by atoms with E-state index in [1.165, 1.54) is 5.56 Å². The van der Waals surface area contributed by atoms with Gasteiger partial charge in [-0.3, -0.25) is 0 Å². The molecule has 0 radical (unpaired) electrons. The topological polar surface area (TPSA) is 0 Å². The summed E-state index contributed by atoms with van der Waals surface area (Å²) in [5.41, 5.74) is 2.31. The fraction of sp³-hybridized carbons (Fsp3) is 0.200. The molecule has 0 saturated carbocycles. The first kappa shape index (κ1) is 13.7. The van der Waals surface area contributed by atoms with Gasteiger partial charge in [0.2, 0.25) is 0 Å². The number of alkyl halides is 1. The van der Waals surface area contributed by atoms with Crippen LogP contribution in [0.2, 0.25) is 10.0 Å². The molecule has 0 N–H and O–H groups in total. The highest BCUT2D eigenvalue weighted by molar-refractivity contribution is 6.31. The Morgan fingerprint density at radius 3 is 2.17 bits per heavy atom. The summed E-state index contributed by atoms with van der Waals surface area (Å²) < 4.78 is 0. The molecule has 0 aliphatic carbocycles. The van der Waals surface area contributed by atoms with Crippen molar-refractivity contribution < 1.29 is 0 Å². The van der Waals surface area contributed by atoms with Crippen molar-refractivity contribution >= 4 is 34.8 Å². The highest BCUT2D eigenvalue weighted by atomic mass is 35.5. The van der Waals surface area contributed by atoms with E-state index in [4.69, 9.17) is 34.8 Å². The van der Waals surface area contributed by atoms with E-state index < -0.39 is 0 Å². The van der Waals surface area contributed by atoms with Gasteiger partial charge in [-0.2, -0.15) is 0 Å². The monoisotopic (exact) mass is 298 g/mol. The fourth-order valence-corrected chi connectivity index (χ4v) is 2.55. The van der Waals surface area contributed by atoms with E-state index in [2.05, 4.69) is 0 Å². The Morgan fingerprint density at radius 1 is 0.889 bits per heavy atom. The van der Waals surface area contributed by atoms with Gasteiger partial charge in [-0.05, 0) is 35.7 Å². The molecule has 3 heteroatoms. The van der Waals surface area contributed by atoms with Crippen LogP contribution in [0.5, 0.6) is 0 Å². The third-order valence-corrected chi connectivity index (χ3v) is 3.95. The number of benzene rings is 2. The maximum absolute atomic E-state index is 6.17. The molecule has 2 aromatic carbocycles. The van der Waals surface area contributed by atoms with E-state index in [1.54, 1.807) is 0 Å². The molecule has 0 bridgehead atoms. The molecule has 94 valence electrons. The van der Waals surface area contributed by atoms with Crippen molar-refractivity contribution in [2.75, 3.05) is 5.88 Å². The summed E-state index contributed by atoms with van der Waals surface area (Å²) in [6.45, 7) is 0. The van der Waals surface area contributed by atoms with Crippen molar-refractivity contribution in [1.29, 1.82) is 0 Å². The normalized spacial score (nSPS) is 12.4. The SMILES string of the molecule is ClCC(Cc1ccccc1Cl)c1ccc(Cl)cc1. The number of hydrogen-bond acceptors (Lipinski definition) is 0. The van der Waals surface area contributed by atoms with E-state index >= 15 is 0 Å². The predicted molar refractivity (Wildman–Crippen MR) is 80.1 cm³/mol. The van der Waals surface area contributed by atoms with Gasteiger partial charge in [-0.1, -0.05) is 53.5 Å². The Bertz CT molecular complexity index is 505. The van der Waals surface area contributed by atoms with E-state index in [-0.39, 0.29) is 5.92 Å². The van der Waals surface area contributed by atoms with Gasteiger partial charge < -0.3 is 0 Å². The largest absolute Gasteiger partial charge is 0.126 e. The molecule has 0 aromatic heterocycles.